The predicted molar refractivity (Wildman–Crippen MR) is 62.2 cm³/mol. The first-order valence-electron chi connectivity index (χ1n) is 5.04. The van der Waals surface area contributed by atoms with Crippen LogP contribution in [0.2, 0.25) is 0 Å². The van der Waals surface area contributed by atoms with E-state index in [0.29, 0.717) is 6.42 Å². The van der Waals surface area contributed by atoms with Crippen LogP contribution in [0.1, 0.15) is 17.2 Å². The number of hydrogen-bond acceptors (Lipinski definition) is 2. The topological polar surface area (TPSA) is 46.5 Å². The van der Waals surface area contributed by atoms with E-state index in [2.05, 4.69) is 0 Å². The first-order valence-corrected chi connectivity index (χ1v) is 6.07. The molecular formula is C12H10O3S. The van der Waals surface area contributed by atoms with Crippen molar-refractivity contribution in [1.29, 1.82) is 0 Å². The summed E-state index contributed by atoms with van der Waals surface area (Å²) in [6, 6.07) is 12.0. The molecule has 1 N–H and O–H groups in total. The van der Waals surface area contributed by atoms with Gasteiger partial charge in [-0.15, -0.1) is 0 Å². The average Bonchev–Trinajstić information content (AvgIpc) is 2.59. The van der Waals surface area contributed by atoms with Gasteiger partial charge in [0, 0.05) is 6.42 Å². The fourth-order valence-electron chi connectivity index (χ4n) is 2.38. The Balaban J connectivity index is 2.17. The van der Waals surface area contributed by atoms with Crippen LogP contribution in [-0.2, 0) is 22.0 Å². The maximum atomic E-state index is 10.7. The lowest BCUT2D eigenvalue weighted by atomic mass is 10.1. The third kappa shape index (κ3) is 1.46. The molecule has 0 saturated carbocycles. The Hall–Kier alpha value is -1.23. The fraction of sp³-hybridized carbons (Fsp3) is 0.167. The second-order valence-corrected chi connectivity index (χ2v) is 4.50. The quantitative estimate of drug-likeness (QED) is 0.812. The van der Waals surface area contributed by atoms with E-state index in [1.165, 1.54) is 10.9 Å². The van der Waals surface area contributed by atoms with Crippen molar-refractivity contribution in [1.82, 2.24) is 0 Å². The van der Waals surface area contributed by atoms with Crippen LogP contribution in [-0.4, -0.2) is 8.76 Å². The molecule has 0 amide bonds. The van der Waals surface area contributed by atoms with Crippen molar-refractivity contribution in [2.24, 2.45) is 0 Å². The van der Waals surface area contributed by atoms with E-state index in [-0.39, 0.29) is 6.10 Å². The Morgan fingerprint density at radius 1 is 1.25 bits per heavy atom. The van der Waals surface area contributed by atoms with Gasteiger partial charge in [-0.2, -0.15) is 4.21 Å². The molecule has 3 nitrogen and oxygen atoms in total. The zero-order valence-electron chi connectivity index (χ0n) is 8.42. The molecule has 2 unspecified atom stereocenters. The molecule has 2 aromatic carbocycles. The van der Waals surface area contributed by atoms with E-state index in [1.807, 2.05) is 36.4 Å². The smallest absolute Gasteiger partial charge is 0.284 e. The van der Waals surface area contributed by atoms with Gasteiger partial charge >= 0.3 is 11.4 Å². The van der Waals surface area contributed by atoms with Gasteiger partial charge in [-0.1, -0.05) is 36.4 Å². The molecule has 0 fully saturated rings. The van der Waals surface area contributed by atoms with Gasteiger partial charge in [0.25, 0.3) is 0 Å². The molecule has 0 bridgehead atoms. The van der Waals surface area contributed by atoms with Crippen molar-refractivity contribution >= 4 is 22.1 Å². The lowest BCUT2D eigenvalue weighted by Gasteiger charge is -2.08. The Morgan fingerprint density at radius 3 is 2.75 bits per heavy atom. The van der Waals surface area contributed by atoms with E-state index in [1.54, 1.807) is 0 Å². The molecule has 1 aliphatic carbocycles. The van der Waals surface area contributed by atoms with Crippen LogP contribution in [0.25, 0.3) is 10.8 Å². The van der Waals surface area contributed by atoms with Crippen molar-refractivity contribution < 1.29 is 12.9 Å². The van der Waals surface area contributed by atoms with Gasteiger partial charge in [-0.3, -0.25) is 8.74 Å². The average molecular weight is 234 g/mol. The first kappa shape index (κ1) is 9.96. The molecule has 0 aliphatic heterocycles. The van der Waals surface area contributed by atoms with E-state index < -0.39 is 11.4 Å². The highest BCUT2D eigenvalue weighted by atomic mass is 32.2. The van der Waals surface area contributed by atoms with Crippen molar-refractivity contribution in [2.45, 2.75) is 12.5 Å². The zero-order valence-corrected chi connectivity index (χ0v) is 9.24. The van der Waals surface area contributed by atoms with Gasteiger partial charge in [0.05, 0.1) is 0 Å². The SMILES string of the molecule is O=S(O)OC1Cc2cccc3cccc1c23. The van der Waals surface area contributed by atoms with Crippen LogP contribution in [0.5, 0.6) is 0 Å². The van der Waals surface area contributed by atoms with E-state index in [0.717, 1.165) is 10.9 Å². The molecule has 16 heavy (non-hydrogen) atoms. The molecule has 2 atom stereocenters. The minimum absolute atomic E-state index is 0.299. The van der Waals surface area contributed by atoms with Crippen LogP contribution in [0.3, 0.4) is 0 Å². The van der Waals surface area contributed by atoms with E-state index in [4.69, 9.17) is 8.74 Å². The zero-order chi connectivity index (χ0) is 11.1. The summed E-state index contributed by atoms with van der Waals surface area (Å²) >= 11 is -2.21. The van der Waals surface area contributed by atoms with Gasteiger partial charge < -0.3 is 0 Å². The third-order valence-corrected chi connectivity index (χ3v) is 3.37. The van der Waals surface area contributed by atoms with Crippen LogP contribution >= 0.6 is 0 Å². The third-order valence-electron chi connectivity index (χ3n) is 2.97. The number of benzene rings is 2. The predicted octanol–water partition coefficient (Wildman–Crippen LogP) is 2.59. The van der Waals surface area contributed by atoms with Crippen LogP contribution < -0.4 is 0 Å². The summed E-state index contributed by atoms with van der Waals surface area (Å²) in [7, 11) is 0. The highest BCUT2D eigenvalue weighted by Crippen LogP contribution is 2.38. The number of hydrogen-bond donors (Lipinski definition) is 1. The summed E-state index contributed by atoms with van der Waals surface area (Å²) in [6.07, 6.45) is 0.370. The van der Waals surface area contributed by atoms with Gasteiger partial charge in [-0.25, -0.2) is 0 Å². The Bertz CT molecular complexity index is 574. The standard InChI is InChI=1S/C12H10O3S/c13-16(14)15-11-7-9-5-1-3-8-4-2-6-10(11)12(8)9/h1-6,11H,7H2,(H,13,14). The second-order valence-electron chi connectivity index (χ2n) is 3.87. The molecule has 4 heteroatoms. The summed E-state index contributed by atoms with van der Waals surface area (Å²) in [6.45, 7) is 0. The van der Waals surface area contributed by atoms with E-state index in [9.17, 15) is 4.21 Å². The molecule has 2 aromatic rings. The Labute approximate surface area is 95.5 Å². The van der Waals surface area contributed by atoms with Gasteiger partial charge in [0.15, 0.2) is 0 Å². The highest BCUT2D eigenvalue weighted by Gasteiger charge is 2.26. The summed E-state index contributed by atoms with van der Waals surface area (Å²) in [5.74, 6) is 0. The van der Waals surface area contributed by atoms with Crippen molar-refractivity contribution in [2.75, 3.05) is 0 Å². The van der Waals surface area contributed by atoms with Crippen LogP contribution in [0.15, 0.2) is 36.4 Å². The molecule has 3 rings (SSSR count). The molecule has 0 spiro atoms. The summed E-state index contributed by atoms with van der Waals surface area (Å²) < 4.78 is 24.5. The minimum atomic E-state index is -2.21. The van der Waals surface area contributed by atoms with Gasteiger partial charge in [0.1, 0.15) is 6.10 Å². The fourth-order valence-corrected chi connectivity index (χ4v) is 2.75. The molecule has 1 aliphatic rings. The molecule has 82 valence electrons. The van der Waals surface area contributed by atoms with Crippen molar-refractivity contribution in [3.8, 4) is 0 Å². The highest BCUT2D eigenvalue weighted by molar-refractivity contribution is 7.74. The molecule has 0 radical (unpaired) electrons. The largest absolute Gasteiger partial charge is 0.302 e. The molecule has 0 heterocycles. The first-order chi connectivity index (χ1) is 7.75. The maximum Gasteiger partial charge on any atom is 0.302 e. The minimum Gasteiger partial charge on any atom is -0.284 e. The summed E-state index contributed by atoms with van der Waals surface area (Å²) in [5.41, 5.74) is 2.19. The summed E-state index contributed by atoms with van der Waals surface area (Å²) in [5, 5.41) is 2.32. The second kappa shape index (κ2) is 3.66. The Kier molecular flexibility index (Phi) is 2.28. The Morgan fingerprint density at radius 2 is 2.00 bits per heavy atom. The molecule has 0 aromatic heterocycles. The normalized spacial score (nSPS) is 20.2. The van der Waals surface area contributed by atoms with Gasteiger partial charge in [-0.05, 0) is 21.9 Å². The van der Waals surface area contributed by atoms with Gasteiger partial charge in [0.2, 0.25) is 0 Å². The molecular weight excluding hydrogens is 224 g/mol. The number of rotatable bonds is 2. The lowest BCUT2D eigenvalue weighted by Crippen LogP contribution is -2.04. The van der Waals surface area contributed by atoms with Crippen LogP contribution in [0, 0.1) is 0 Å². The lowest BCUT2D eigenvalue weighted by molar-refractivity contribution is 0.214. The maximum absolute atomic E-state index is 10.7. The van der Waals surface area contributed by atoms with E-state index >= 15 is 0 Å². The van der Waals surface area contributed by atoms with Crippen LogP contribution in [0.4, 0.5) is 0 Å². The monoisotopic (exact) mass is 234 g/mol. The molecule has 0 saturated heterocycles. The van der Waals surface area contributed by atoms with Crippen molar-refractivity contribution in [3.05, 3.63) is 47.5 Å². The summed E-state index contributed by atoms with van der Waals surface area (Å²) in [4.78, 5) is 0. The van der Waals surface area contributed by atoms with Crippen molar-refractivity contribution in [3.63, 3.8) is 0 Å².